The van der Waals surface area contributed by atoms with Gasteiger partial charge in [-0.25, -0.2) is 9.50 Å². The van der Waals surface area contributed by atoms with Crippen LogP contribution in [-0.2, 0) is 4.57 Å². The molecule has 2 aromatic heterocycles. The third-order valence-corrected chi connectivity index (χ3v) is 14.0. The molecule has 56 heavy (non-hydrogen) atoms. The van der Waals surface area contributed by atoms with Crippen LogP contribution in [0.2, 0.25) is 0 Å². The molecular weight excluding hydrogens is 702 g/mol. The van der Waals surface area contributed by atoms with Gasteiger partial charge in [-0.2, -0.15) is 0 Å². The van der Waals surface area contributed by atoms with E-state index < -0.39 is 7.14 Å². The van der Waals surface area contributed by atoms with E-state index in [1.807, 2.05) is 41.5 Å². The zero-order chi connectivity index (χ0) is 37.4. The van der Waals surface area contributed by atoms with Crippen LogP contribution in [0.15, 0.2) is 188 Å². The van der Waals surface area contributed by atoms with E-state index in [0.717, 1.165) is 66.3 Å². The summed E-state index contributed by atoms with van der Waals surface area (Å²) in [5, 5.41) is 11.7. The van der Waals surface area contributed by atoms with E-state index in [-0.39, 0.29) is 0 Å². The van der Waals surface area contributed by atoms with Crippen molar-refractivity contribution in [3.63, 3.8) is 0 Å². The van der Waals surface area contributed by atoms with E-state index in [4.69, 9.17) is 10.1 Å². The van der Waals surface area contributed by atoms with E-state index in [9.17, 15) is 4.57 Å². The van der Waals surface area contributed by atoms with E-state index in [1.165, 1.54) is 32.7 Å². The fraction of sp³-hybridized carbons (Fsp3) is 0.0196. The maximum atomic E-state index is 14.0. The molecule has 0 bridgehead atoms. The molecule has 0 fully saturated rings. The molecule has 0 N–H and O–H groups in total. The lowest BCUT2D eigenvalue weighted by Gasteiger charge is -2.18. The number of pyridine rings is 1. The zero-order valence-corrected chi connectivity index (χ0v) is 31.5. The van der Waals surface area contributed by atoms with Gasteiger partial charge in [0.15, 0.2) is 11.5 Å². The molecule has 8 aromatic carbocycles. The molecule has 0 spiro atoms. The van der Waals surface area contributed by atoms with Crippen LogP contribution < -0.4 is 10.6 Å². The van der Waals surface area contributed by atoms with Gasteiger partial charge in [-0.3, -0.25) is 0 Å². The predicted molar refractivity (Wildman–Crippen MR) is 233 cm³/mol. The molecule has 0 saturated carbocycles. The summed E-state index contributed by atoms with van der Waals surface area (Å²) in [6.45, 7) is 1.90. The van der Waals surface area contributed by atoms with Crippen LogP contribution in [0.5, 0.6) is 0 Å². The monoisotopic (exact) mass is 735 g/mol. The first-order chi connectivity index (χ1) is 27.5. The average molecular weight is 736 g/mol. The summed E-state index contributed by atoms with van der Waals surface area (Å²) in [6.07, 6.45) is 2.07. The molecule has 4 nitrogen and oxygen atoms in total. The van der Waals surface area contributed by atoms with Gasteiger partial charge in [-0.05, 0) is 90.9 Å². The van der Waals surface area contributed by atoms with Crippen molar-refractivity contribution in [3.8, 4) is 67.0 Å². The van der Waals surface area contributed by atoms with Crippen LogP contribution in [0.3, 0.4) is 0 Å². The molecule has 10 aromatic rings. The molecule has 1 aliphatic heterocycles. The lowest BCUT2D eigenvalue weighted by Crippen LogP contribution is -2.07. The molecule has 0 radical (unpaired) electrons. The van der Waals surface area contributed by atoms with Crippen LogP contribution >= 0.6 is 7.14 Å². The fourth-order valence-corrected chi connectivity index (χ4v) is 11.0. The highest BCUT2D eigenvalue weighted by atomic mass is 31.2. The number of hydrogen-bond donors (Lipinski definition) is 0. The quantitative estimate of drug-likeness (QED) is 0.131. The average Bonchev–Trinajstić information content (AvgIpc) is 3.79. The molecule has 5 heteroatoms. The van der Waals surface area contributed by atoms with Gasteiger partial charge in [0.05, 0.1) is 0 Å². The van der Waals surface area contributed by atoms with Gasteiger partial charge in [0.1, 0.15) is 7.14 Å². The molecule has 0 saturated heterocycles. The van der Waals surface area contributed by atoms with Crippen molar-refractivity contribution in [3.05, 3.63) is 188 Å². The second-order valence-corrected chi connectivity index (χ2v) is 17.5. The predicted octanol–water partition coefficient (Wildman–Crippen LogP) is 12.3. The summed E-state index contributed by atoms with van der Waals surface area (Å²) in [4.78, 5) is 5.12. The van der Waals surface area contributed by atoms with Crippen molar-refractivity contribution in [1.29, 1.82) is 0 Å². The summed E-state index contributed by atoms with van der Waals surface area (Å²) in [5.41, 5.74) is 12.9. The van der Waals surface area contributed by atoms with Gasteiger partial charge in [0, 0.05) is 33.5 Å². The fourth-order valence-electron chi connectivity index (χ4n) is 8.75. The Hall–Kier alpha value is -6.87. The Balaban J connectivity index is 1.05. The summed E-state index contributed by atoms with van der Waals surface area (Å²) in [6, 6.07) is 63.8. The summed E-state index contributed by atoms with van der Waals surface area (Å²) < 4.78 is 15.9. The smallest absolute Gasteiger partial charge is 0.182 e. The number of rotatable bonds is 5. The van der Waals surface area contributed by atoms with Crippen LogP contribution in [0, 0.1) is 0 Å². The van der Waals surface area contributed by atoms with Gasteiger partial charge in [-0.1, -0.05) is 164 Å². The first kappa shape index (κ1) is 32.6. The normalized spacial score (nSPS) is 14.7. The van der Waals surface area contributed by atoms with Gasteiger partial charge in [0.2, 0.25) is 0 Å². The summed E-state index contributed by atoms with van der Waals surface area (Å²) in [7, 11) is -2.66. The van der Waals surface area contributed by atoms with E-state index in [0.29, 0.717) is 5.82 Å². The molecule has 3 heterocycles. The molecule has 1 atom stereocenters. The second kappa shape index (κ2) is 12.6. The number of fused-ring (bicyclic) bond motifs is 6. The van der Waals surface area contributed by atoms with Gasteiger partial charge in [0.25, 0.3) is 0 Å². The van der Waals surface area contributed by atoms with Crippen LogP contribution in [0.25, 0.3) is 94.2 Å². The largest absolute Gasteiger partial charge is 0.314 e. The number of benzene rings is 8. The molecule has 0 amide bonds. The maximum Gasteiger partial charge on any atom is 0.182 e. The molecule has 1 aliphatic rings. The number of hydrogen-bond acceptors (Lipinski definition) is 3. The van der Waals surface area contributed by atoms with Crippen molar-refractivity contribution in [2.75, 3.05) is 6.66 Å². The van der Waals surface area contributed by atoms with Gasteiger partial charge in [-0.15, -0.1) is 5.10 Å². The molecular formula is C51H34N3OP. The van der Waals surface area contributed by atoms with E-state index in [1.54, 1.807) is 0 Å². The second-order valence-electron chi connectivity index (χ2n) is 14.7. The molecule has 0 aliphatic carbocycles. The Morgan fingerprint density at radius 3 is 1.59 bits per heavy atom. The van der Waals surface area contributed by atoms with Crippen molar-refractivity contribution in [2.24, 2.45) is 0 Å². The van der Waals surface area contributed by atoms with Crippen LogP contribution in [0.4, 0.5) is 0 Å². The Bertz CT molecular complexity index is 3170. The third-order valence-electron chi connectivity index (χ3n) is 11.4. The van der Waals surface area contributed by atoms with E-state index >= 15 is 0 Å². The molecule has 1 unspecified atom stereocenters. The highest BCUT2D eigenvalue weighted by Crippen LogP contribution is 2.51. The first-order valence-electron chi connectivity index (χ1n) is 18.9. The number of aromatic nitrogens is 3. The van der Waals surface area contributed by atoms with Crippen LogP contribution in [-0.4, -0.2) is 21.3 Å². The van der Waals surface area contributed by atoms with E-state index in [2.05, 4.69) is 158 Å². The first-order valence-corrected chi connectivity index (χ1v) is 21.1. The minimum Gasteiger partial charge on any atom is -0.314 e. The SMILES string of the molecule is CP1(=O)c2ccccc2-c2cc(-c3c4ccccc4c(-c4ccc(-c5nc6c(-c7ccccc7)cc(-c7ccccc7)cn6n5)cc4)c4ccccc34)ccc21. The maximum absolute atomic E-state index is 14.0. The zero-order valence-electron chi connectivity index (χ0n) is 30.6. The van der Waals surface area contributed by atoms with Crippen molar-refractivity contribution in [2.45, 2.75) is 0 Å². The highest BCUT2D eigenvalue weighted by Gasteiger charge is 2.34. The topological polar surface area (TPSA) is 47.3 Å². The highest BCUT2D eigenvalue weighted by molar-refractivity contribution is 7.79. The Morgan fingerprint density at radius 2 is 0.929 bits per heavy atom. The van der Waals surface area contributed by atoms with Crippen molar-refractivity contribution in [1.82, 2.24) is 14.6 Å². The molecule has 11 rings (SSSR count). The van der Waals surface area contributed by atoms with Crippen LogP contribution in [0.1, 0.15) is 0 Å². The summed E-state index contributed by atoms with van der Waals surface area (Å²) in [5.74, 6) is 0.679. The number of nitrogens with zero attached hydrogens (tertiary/aromatic N) is 3. The Kier molecular flexibility index (Phi) is 7.32. The lowest BCUT2D eigenvalue weighted by molar-refractivity contribution is 0.591. The summed E-state index contributed by atoms with van der Waals surface area (Å²) >= 11 is 0. The van der Waals surface area contributed by atoms with Crippen molar-refractivity contribution < 1.29 is 4.57 Å². The van der Waals surface area contributed by atoms with Crippen molar-refractivity contribution >= 4 is 44.9 Å². The van der Waals surface area contributed by atoms with Gasteiger partial charge < -0.3 is 4.57 Å². The third kappa shape index (κ3) is 5.04. The lowest BCUT2D eigenvalue weighted by atomic mass is 9.85. The standard InChI is InChI=1S/C51H34N3OP/c1-56(55)46-23-13-12-18-39(46)45-30-37(28-29-47(45)56)49-42-21-10-8-19-40(42)48(41-20-9-11-22-43(41)49)35-24-26-36(27-25-35)50-52-51-44(34-16-6-3-7-17-34)31-38(32-54(51)53-50)33-14-4-2-5-15-33/h2-32H,1H3. The minimum atomic E-state index is -2.66. The van der Waals surface area contributed by atoms with Gasteiger partial charge >= 0.3 is 0 Å². The Labute approximate surface area is 324 Å². The Morgan fingerprint density at radius 1 is 0.429 bits per heavy atom. The minimum absolute atomic E-state index is 0.679. The molecule has 264 valence electrons.